The van der Waals surface area contributed by atoms with Gasteiger partial charge in [0.1, 0.15) is 5.84 Å². The Bertz CT molecular complexity index is 207. The molecule has 102 valence electrons. The van der Waals surface area contributed by atoms with Crippen molar-refractivity contribution in [2.24, 2.45) is 10.9 Å². The average Bonchev–Trinajstić information content (AvgIpc) is 2.31. The Morgan fingerprint density at radius 3 is 2.29 bits per heavy atom. The van der Waals surface area contributed by atoms with Crippen LogP contribution in [-0.2, 0) is 0 Å². The summed E-state index contributed by atoms with van der Waals surface area (Å²) in [5.74, 6) is 0.334. The highest BCUT2D eigenvalue weighted by atomic mass is 16.4. The van der Waals surface area contributed by atoms with E-state index in [9.17, 15) is 0 Å². The highest BCUT2D eigenvalue weighted by Crippen LogP contribution is 2.00. The van der Waals surface area contributed by atoms with Gasteiger partial charge in [-0.3, -0.25) is 0 Å². The Balaban J connectivity index is 3.54. The molecule has 0 radical (unpaired) electrons. The van der Waals surface area contributed by atoms with Gasteiger partial charge in [-0.1, -0.05) is 12.1 Å². The number of nitrogens with two attached hydrogens (primary N) is 1. The molecule has 5 heteroatoms. The number of hydrogen-bond acceptors (Lipinski definition) is 4. The summed E-state index contributed by atoms with van der Waals surface area (Å²) in [6.07, 6.45) is 3.99. The van der Waals surface area contributed by atoms with E-state index in [-0.39, 0.29) is 0 Å². The Hall–Kier alpha value is -0.810. The smallest absolute Gasteiger partial charge is 0.139 e. The lowest BCUT2D eigenvalue weighted by atomic mass is 10.2. The van der Waals surface area contributed by atoms with Crippen molar-refractivity contribution >= 4 is 5.84 Å². The van der Waals surface area contributed by atoms with Crippen LogP contribution >= 0.6 is 0 Å². The molecule has 0 saturated heterocycles. The number of amidine groups is 1. The second kappa shape index (κ2) is 10.4. The molecule has 0 rings (SSSR count). The molecule has 3 N–H and O–H groups in total. The minimum atomic E-state index is 0.334. The van der Waals surface area contributed by atoms with Crippen molar-refractivity contribution in [1.29, 1.82) is 0 Å². The number of rotatable bonds is 10. The summed E-state index contributed by atoms with van der Waals surface area (Å²) >= 11 is 0. The zero-order chi connectivity index (χ0) is 13.1. The van der Waals surface area contributed by atoms with E-state index in [0.29, 0.717) is 12.3 Å². The summed E-state index contributed by atoms with van der Waals surface area (Å²) in [6.45, 7) is 6.68. The van der Waals surface area contributed by atoms with E-state index >= 15 is 0 Å². The molecule has 0 aliphatic heterocycles. The van der Waals surface area contributed by atoms with Crippen molar-refractivity contribution in [1.82, 2.24) is 9.80 Å². The fourth-order valence-electron chi connectivity index (χ4n) is 1.73. The van der Waals surface area contributed by atoms with Crippen LogP contribution in [0.2, 0.25) is 0 Å². The number of oxime groups is 1. The summed E-state index contributed by atoms with van der Waals surface area (Å²) in [7, 11) is 4.21. The summed E-state index contributed by atoms with van der Waals surface area (Å²) in [5.41, 5.74) is 5.42. The average molecular weight is 244 g/mol. The molecular weight excluding hydrogens is 216 g/mol. The van der Waals surface area contributed by atoms with Gasteiger partial charge in [0.05, 0.1) is 0 Å². The van der Waals surface area contributed by atoms with E-state index in [2.05, 4.69) is 36.0 Å². The maximum absolute atomic E-state index is 8.41. The Morgan fingerprint density at radius 1 is 1.12 bits per heavy atom. The van der Waals surface area contributed by atoms with Gasteiger partial charge in [-0.2, -0.15) is 0 Å². The predicted molar refractivity (Wildman–Crippen MR) is 72.5 cm³/mol. The van der Waals surface area contributed by atoms with Gasteiger partial charge in [0.25, 0.3) is 0 Å². The second-order valence-electron chi connectivity index (χ2n) is 4.64. The monoisotopic (exact) mass is 244 g/mol. The van der Waals surface area contributed by atoms with E-state index in [0.717, 1.165) is 39.0 Å². The molecule has 0 saturated carbocycles. The molecule has 5 nitrogen and oxygen atoms in total. The van der Waals surface area contributed by atoms with Gasteiger partial charge in [-0.25, -0.2) is 0 Å². The highest BCUT2D eigenvalue weighted by Gasteiger charge is 2.02. The fraction of sp³-hybridized carbons (Fsp3) is 0.917. The zero-order valence-corrected chi connectivity index (χ0v) is 11.5. The summed E-state index contributed by atoms with van der Waals surface area (Å²) in [5, 5.41) is 11.4. The first-order valence-corrected chi connectivity index (χ1v) is 6.43. The first kappa shape index (κ1) is 16.2. The first-order chi connectivity index (χ1) is 8.10. The quantitative estimate of drug-likeness (QED) is 0.199. The lowest BCUT2D eigenvalue weighted by Gasteiger charge is -2.21. The van der Waals surface area contributed by atoms with Gasteiger partial charge >= 0.3 is 0 Å². The van der Waals surface area contributed by atoms with Gasteiger partial charge < -0.3 is 20.7 Å². The summed E-state index contributed by atoms with van der Waals surface area (Å²) in [6, 6.07) is 0. The van der Waals surface area contributed by atoms with Crippen LogP contribution in [-0.4, -0.2) is 61.1 Å². The highest BCUT2D eigenvalue weighted by molar-refractivity contribution is 5.79. The molecule has 0 aliphatic rings. The van der Waals surface area contributed by atoms with Gasteiger partial charge in [0.15, 0.2) is 0 Å². The maximum atomic E-state index is 8.41. The van der Waals surface area contributed by atoms with E-state index in [1.165, 1.54) is 6.42 Å². The molecule has 0 bridgehead atoms. The SMILES string of the molecule is CCN(CCCCC(N)=NO)CCCN(C)C. The van der Waals surface area contributed by atoms with Crippen molar-refractivity contribution in [2.45, 2.75) is 32.6 Å². The number of nitrogens with zero attached hydrogens (tertiary/aromatic N) is 3. The molecule has 0 aliphatic carbocycles. The molecular formula is C12H28N4O. The van der Waals surface area contributed by atoms with Crippen LogP contribution in [0.4, 0.5) is 0 Å². The van der Waals surface area contributed by atoms with E-state index in [1.54, 1.807) is 0 Å². The van der Waals surface area contributed by atoms with Gasteiger partial charge in [0.2, 0.25) is 0 Å². The molecule has 0 spiro atoms. The Kier molecular flexibility index (Phi) is 9.86. The third-order valence-electron chi connectivity index (χ3n) is 2.81. The largest absolute Gasteiger partial charge is 0.409 e. The van der Waals surface area contributed by atoms with Gasteiger partial charge in [-0.05, 0) is 59.5 Å². The van der Waals surface area contributed by atoms with Crippen molar-refractivity contribution in [2.75, 3.05) is 40.3 Å². The second-order valence-corrected chi connectivity index (χ2v) is 4.64. The molecule has 0 unspecified atom stereocenters. The number of hydrogen-bond donors (Lipinski definition) is 2. The van der Waals surface area contributed by atoms with Crippen molar-refractivity contribution in [3.05, 3.63) is 0 Å². The van der Waals surface area contributed by atoms with Crippen molar-refractivity contribution in [3.8, 4) is 0 Å². The maximum Gasteiger partial charge on any atom is 0.139 e. The lowest BCUT2D eigenvalue weighted by molar-refractivity contribution is 0.262. The van der Waals surface area contributed by atoms with E-state index in [1.807, 2.05) is 0 Å². The van der Waals surface area contributed by atoms with Crippen molar-refractivity contribution in [3.63, 3.8) is 0 Å². The van der Waals surface area contributed by atoms with Crippen LogP contribution in [0.15, 0.2) is 5.16 Å². The normalized spacial score (nSPS) is 12.6. The van der Waals surface area contributed by atoms with Crippen LogP contribution in [0, 0.1) is 0 Å². The molecule has 0 heterocycles. The van der Waals surface area contributed by atoms with Crippen molar-refractivity contribution < 1.29 is 5.21 Å². The molecule has 0 aromatic carbocycles. The number of unbranched alkanes of at least 4 members (excludes halogenated alkanes) is 1. The Morgan fingerprint density at radius 2 is 1.76 bits per heavy atom. The van der Waals surface area contributed by atoms with E-state index in [4.69, 9.17) is 10.9 Å². The predicted octanol–water partition coefficient (Wildman–Crippen LogP) is 1.18. The van der Waals surface area contributed by atoms with Crippen LogP contribution in [0.1, 0.15) is 32.6 Å². The van der Waals surface area contributed by atoms with Crippen LogP contribution in [0.25, 0.3) is 0 Å². The molecule has 0 atom stereocenters. The Labute approximate surface area is 105 Å². The fourth-order valence-corrected chi connectivity index (χ4v) is 1.73. The minimum Gasteiger partial charge on any atom is -0.409 e. The van der Waals surface area contributed by atoms with Gasteiger partial charge in [-0.15, -0.1) is 0 Å². The third kappa shape index (κ3) is 10.1. The van der Waals surface area contributed by atoms with Crippen LogP contribution in [0.5, 0.6) is 0 Å². The molecule has 0 fully saturated rings. The summed E-state index contributed by atoms with van der Waals surface area (Å²) in [4.78, 5) is 4.67. The van der Waals surface area contributed by atoms with Crippen LogP contribution in [0.3, 0.4) is 0 Å². The molecule has 17 heavy (non-hydrogen) atoms. The zero-order valence-electron chi connectivity index (χ0n) is 11.5. The summed E-state index contributed by atoms with van der Waals surface area (Å²) < 4.78 is 0. The standard InChI is InChI=1S/C12H28N4O/c1-4-16(11-7-9-15(2)3)10-6-5-8-12(13)14-17/h17H,4-11H2,1-3H3,(H2,13,14). The first-order valence-electron chi connectivity index (χ1n) is 6.43. The lowest BCUT2D eigenvalue weighted by Crippen LogP contribution is -2.28. The molecule has 0 amide bonds. The van der Waals surface area contributed by atoms with Crippen LogP contribution < -0.4 is 5.73 Å². The molecule has 0 aromatic rings. The molecule has 0 aromatic heterocycles. The third-order valence-corrected chi connectivity index (χ3v) is 2.81. The minimum absolute atomic E-state index is 0.334. The van der Waals surface area contributed by atoms with E-state index < -0.39 is 0 Å². The topological polar surface area (TPSA) is 65.1 Å². The van der Waals surface area contributed by atoms with Gasteiger partial charge in [0, 0.05) is 6.42 Å².